The average molecular weight is 411 g/mol. The van der Waals surface area contributed by atoms with E-state index in [-0.39, 0.29) is 22.7 Å². The quantitative estimate of drug-likeness (QED) is 0.417. The first-order valence-electron chi connectivity index (χ1n) is 10.9. The molecule has 158 valence electrons. The maximum Gasteiger partial charge on any atom is 0.244 e. The zero-order valence-corrected chi connectivity index (χ0v) is 18.7. The molecular weight excluding hydrogens is 380 g/mol. The van der Waals surface area contributed by atoms with Gasteiger partial charge in [-0.25, -0.2) is 5.43 Å². The topological polar surface area (TPSA) is 41.5 Å². The van der Waals surface area contributed by atoms with Crippen molar-refractivity contribution in [3.05, 3.63) is 107 Å². The molecule has 3 aromatic rings. The Morgan fingerprint density at radius 2 is 1.39 bits per heavy atom. The van der Waals surface area contributed by atoms with E-state index in [0.29, 0.717) is 0 Å². The molecule has 1 aliphatic carbocycles. The number of carbonyl (C=O) groups is 1. The minimum Gasteiger partial charge on any atom is -0.273 e. The number of hydrogen-bond donors (Lipinski definition) is 1. The second-order valence-corrected chi connectivity index (χ2v) is 9.46. The lowest BCUT2D eigenvalue weighted by molar-refractivity contribution is -0.122. The zero-order chi connectivity index (χ0) is 22.1. The van der Waals surface area contributed by atoms with Crippen LogP contribution in [0.4, 0.5) is 0 Å². The van der Waals surface area contributed by atoms with Crippen molar-refractivity contribution in [2.75, 3.05) is 0 Å². The number of nitrogens with zero attached hydrogens (tertiary/aromatic N) is 1. The number of nitrogens with one attached hydrogen (secondary N) is 1. The third-order valence-corrected chi connectivity index (χ3v) is 6.36. The molecule has 1 atom stereocenters. The van der Waals surface area contributed by atoms with Crippen LogP contribution in [0.15, 0.2) is 90.0 Å². The molecule has 0 radical (unpaired) electrons. The number of carbonyl (C=O) groups excluding carboxylic acids is 1. The van der Waals surface area contributed by atoms with E-state index in [0.717, 1.165) is 17.7 Å². The van der Waals surface area contributed by atoms with Crippen LogP contribution in [0.3, 0.4) is 0 Å². The minimum absolute atomic E-state index is 0.0293. The van der Waals surface area contributed by atoms with Crippen molar-refractivity contribution in [3.63, 3.8) is 0 Å². The summed E-state index contributed by atoms with van der Waals surface area (Å²) in [5.41, 5.74) is 8.13. The Kier molecular flexibility index (Phi) is 5.53. The van der Waals surface area contributed by atoms with E-state index in [9.17, 15) is 4.79 Å². The largest absolute Gasteiger partial charge is 0.273 e. The highest BCUT2D eigenvalue weighted by Crippen LogP contribution is 2.58. The summed E-state index contributed by atoms with van der Waals surface area (Å²) in [6.07, 6.45) is 0.793. The molecule has 0 spiro atoms. The van der Waals surface area contributed by atoms with Gasteiger partial charge < -0.3 is 0 Å². The summed E-state index contributed by atoms with van der Waals surface area (Å²) >= 11 is 0. The lowest BCUT2D eigenvalue weighted by Crippen LogP contribution is -2.26. The maximum atomic E-state index is 13.1. The molecule has 0 aromatic heterocycles. The van der Waals surface area contributed by atoms with Crippen molar-refractivity contribution < 1.29 is 4.79 Å². The van der Waals surface area contributed by atoms with Gasteiger partial charge in [-0.3, -0.25) is 4.79 Å². The molecule has 1 amide bonds. The summed E-state index contributed by atoms with van der Waals surface area (Å²) in [4.78, 5) is 13.1. The van der Waals surface area contributed by atoms with Crippen LogP contribution in [0.5, 0.6) is 0 Å². The number of hydrazone groups is 1. The molecule has 4 rings (SSSR count). The summed E-state index contributed by atoms with van der Waals surface area (Å²) in [5.74, 6) is -0.157. The Labute approximate surface area is 185 Å². The normalized spacial score (nSPS) is 17.8. The highest BCUT2D eigenvalue weighted by Gasteiger charge is 2.60. The maximum absolute atomic E-state index is 13.1. The Balaban J connectivity index is 1.52. The molecule has 1 aliphatic rings. The van der Waals surface area contributed by atoms with Gasteiger partial charge in [-0.15, -0.1) is 0 Å². The van der Waals surface area contributed by atoms with Gasteiger partial charge in [-0.05, 0) is 41.0 Å². The van der Waals surface area contributed by atoms with Gasteiger partial charge in [0.1, 0.15) is 0 Å². The van der Waals surface area contributed by atoms with Crippen LogP contribution in [-0.2, 0) is 15.6 Å². The van der Waals surface area contributed by atoms with Crippen molar-refractivity contribution in [3.8, 4) is 0 Å². The first kappa shape index (κ1) is 21.0. The van der Waals surface area contributed by atoms with Crippen molar-refractivity contribution >= 4 is 11.6 Å². The molecular formula is C28H30N2O. The van der Waals surface area contributed by atoms with E-state index >= 15 is 0 Å². The Hall–Kier alpha value is -3.20. The molecule has 1 N–H and O–H groups in total. The second-order valence-electron chi connectivity index (χ2n) is 9.46. The Morgan fingerprint density at radius 1 is 0.871 bits per heavy atom. The molecule has 1 saturated carbocycles. The van der Waals surface area contributed by atoms with Crippen LogP contribution >= 0.6 is 0 Å². The van der Waals surface area contributed by atoms with Gasteiger partial charge in [0.2, 0.25) is 5.91 Å². The van der Waals surface area contributed by atoms with Gasteiger partial charge >= 0.3 is 0 Å². The summed E-state index contributed by atoms with van der Waals surface area (Å²) in [5, 5.41) is 4.42. The predicted octanol–water partition coefficient (Wildman–Crippen LogP) is 5.83. The lowest BCUT2D eigenvalue weighted by Gasteiger charge is -2.19. The van der Waals surface area contributed by atoms with Crippen LogP contribution in [0, 0.1) is 5.92 Å². The molecule has 3 aromatic carbocycles. The molecule has 3 heteroatoms. The summed E-state index contributed by atoms with van der Waals surface area (Å²) in [6.45, 7) is 8.53. The van der Waals surface area contributed by atoms with Crippen LogP contribution in [0.2, 0.25) is 0 Å². The van der Waals surface area contributed by atoms with Gasteiger partial charge in [0, 0.05) is 5.41 Å². The van der Waals surface area contributed by atoms with Crippen molar-refractivity contribution in [1.29, 1.82) is 0 Å². The van der Waals surface area contributed by atoms with E-state index in [2.05, 4.69) is 79.8 Å². The standard InChI is InChI=1S/C28H30N2O/c1-20(21-15-17-22(18-16-21)27(2,3)4)29-30-26(31)25-19-28(25,23-11-7-5-8-12-23)24-13-9-6-10-14-24/h5-18,25H,19H2,1-4H3,(H,30,31)/b29-20-/t25-/m0/s1. The fourth-order valence-electron chi connectivity index (χ4n) is 4.35. The molecule has 0 saturated heterocycles. The molecule has 31 heavy (non-hydrogen) atoms. The monoisotopic (exact) mass is 410 g/mol. The van der Waals surface area contributed by atoms with E-state index < -0.39 is 0 Å². The molecule has 0 aliphatic heterocycles. The zero-order valence-electron chi connectivity index (χ0n) is 18.7. The van der Waals surface area contributed by atoms with Crippen LogP contribution in [-0.4, -0.2) is 11.6 Å². The van der Waals surface area contributed by atoms with Gasteiger partial charge in [0.15, 0.2) is 0 Å². The number of amides is 1. The predicted molar refractivity (Wildman–Crippen MR) is 127 cm³/mol. The van der Waals surface area contributed by atoms with Crippen molar-refractivity contribution in [1.82, 2.24) is 5.43 Å². The Morgan fingerprint density at radius 3 is 1.87 bits per heavy atom. The van der Waals surface area contributed by atoms with E-state index in [1.807, 2.05) is 43.3 Å². The van der Waals surface area contributed by atoms with Crippen LogP contribution in [0.1, 0.15) is 56.4 Å². The lowest BCUT2D eigenvalue weighted by atomic mass is 9.85. The summed E-state index contributed by atoms with van der Waals surface area (Å²) < 4.78 is 0. The third-order valence-electron chi connectivity index (χ3n) is 6.36. The second kappa shape index (κ2) is 8.14. The van der Waals surface area contributed by atoms with Gasteiger partial charge in [0.05, 0.1) is 11.6 Å². The van der Waals surface area contributed by atoms with Crippen LogP contribution < -0.4 is 5.43 Å². The molecule has 3 nitrogen and oxygen atoms in total. The smallest absolute Gasteiger partial charge is 0.244 e. The van der Waals surface area contributed by atoms with E-state index in [4.69, 9.17) is 0 Å². The first-order valence-corrected chi connectivity index (χ1v) is 10.9. The van der Waals surface area contributed by atoms with Gasteiger partial charge in [0.25, 0.3) is 0 Å². The molecule has 0 heterocycles. The minimum atomic E-state index is -0.273. The van der Waals surface area contributed by atoms with Gasteiger partial charge in [-0.2, -0.15) is 5.10 Å². The SMILES string of the molecule is C/C(=N/NC(=O)[C@@H]1CC1(c1ccccc1)c1ccccc1)c1ccc(C(C)(C)C)cc1. The number of benzene rings is 3. The van der Waals surface area contributed by atoms with E-state index in [1.54, 1.807) is 0 Å². The third kappa shape index (κ3) is 4.18. The van der Waals surface area contributed by atoms with E-state index in [1.165, 1.54) is 16.7 Å². The highest BCUT2D eigenvalue weighted by molar-refractivity contribution is 5.99. The summed E-state index contributed by atoms with van der Waals surface area (Å²) in [7, 11) is 0. The van der Waals surface area contributed by atoms with Crippen molar-refractivity contribution in [2.45, 2.75) is 44.9 Å². The van der Waals surface area contributed by atoms with Crippen molar-refractivity contribution in [2.24, 2.45) is 11.0 Å². The number of hydrogen-bond acceptors (Lipinski definition) is 2. The van der Waals surface area contributed by atoms with Gasteiger partial charge in [-0.1, -0.05) is 106 Å². The Bertz CT molecular complexity index is 1040. The fourth-order valence-corrected chi connectivity index (χ4v) is 4.35. The highest BCUT2D eigenvalue weighted by atomic mass is 16.2. The number of rotatable bonds is 5. The summed E-state index contributed by atoms with van der Waals surface area (Å²) in [6, 6.07) is 29.0. The fraction of sp³-hybridized carbons (Fsp3) is 0.286. The first-order chi connectivity index (χ1) is 14.8. The molecule has 0 unspecified atom stereocenters. The molecule has 0 bridgehead atoms. The van der Waals surface area contributed by atoms with Crippen LogP contribution in [0.25, 0.3) is 0 Å². The molecule has 1 fully saturated rings. The average Bonchev–Trinajstić information content (AvgIpc) is 3.55.